The molecule has 5 nitrogen and oxygen atoms in total. The highest BCUT2D eigenvalue weighted by Crippen LogP contribution is 2.33. The minimum Gasteiger partial charge on any atom is -0.325 e. The molecule has 150 valence electrons. The molecular formula is C22H24N4OS2. The Bertz CT molecular complexity index is 1070. The van der Waals surface area contributed by atoms with E-state index in [1.54, 1.807) is 22.7 Å². The maximum absolute atomic E-state index is 12.9. The molecule has 29 heavy (non-hydrogen) atoms. The van der Waals surface area contributed by atoms with Gasteiger partial charge in [0.25, 0.3) is 0 Å². The lowest BCUT2D eigenvalue weighted by atomic mass is 10.0. The summed E-state index contributed by atoms with van der Waals surface area (Å²) in [5.74, 6) is 0.541. The summed E-state index contributed by atoms with van der Waals surface area (Å²) in [6.45, 7) is 7.96. The molecule has 0 unspecified atom stereocenters. The van der Waals surface area contributed by atoms with Gasteiger partial charge in [-0.05, 0) is 61.2 Å². The van der Waals surface area contributed by atoms with Gasteiger partial charge in [-0.2, -0.15) is 5.26 Å². The molecular weight excluding hydrogens is 400 g/mol. The molecule has 3 aromatic heterocycles. The third-order valence-electron chi connectivity index (χ3n) is 5.84. The van der Waals surface area contributed by atoms with Gasteiger partial charge in [-0.15, -0.1) is 22.7 Å². The number of fused-ring (bicyclic) bond motifs is 1. The van der Waals surface area contributed by atoms with Gasteiger partial charge in [0, 0.05) is 28.0 Å². The molecule has 0 aromatic carbocycles. The average molecular weight is 425 g/mol. The molecule has 0 saturated carbocycles. The molecule has 1 amide bonds. The van der Waals surface area contributed by atoms with Gasteiger partial charge in [-0.3, -0.25) is 9.69 Å². The predicted octanol–water partition coefficient (Wildman–Crippen LogP) is 4.71. The fourth-order valence-corrected chi connectivity index (χ4v) is 5.68. The van der Waals surface area contributed by atoms with E-state index in [1.165, 1.54) is 15.3 Å². The Hall–Kier alpha value is -2.40. The number of thiophene rings is 2. The van der Waals surface area contributed by atoms with Crippen molar-refractivity contribution >= 4 is 34.4 Å². The van der Waals surface area contributed by atoms with E-state index >= 15 is 0 Å². The number of carbonyl (C=O) groups excluding carboxylic acids is 1. The average Bonchev–Trinajstić information content (AvgIpc) is 3.42. The largest absolute Gasteiger partial charge is 0.325 e. The van der Waals surface area contributed by atoms with Crippen molar-refractivity contribution in [1.29, 1.82) is 5.26 Å². The summed E-state index contributed by atoms with van der Waals surface area (Å²) in [4.78, 5) is 17.8. The molecule has 1 aliphatic rings. The molecule has 0 saturated heterocycles. The molecule has 0 radical (unpaired) electrons. The van der Waals surface area contributed by atoms with E-state index in [2.05, 4.69) is 40.7 Å². The molecule has 0 bridgehead atoms. The van der Waals surface area contributed by atoms with Crippen molar-refractivity contribution in [3.8, 4) is 6.07 Å². The number of amides is 1. The predicted molar refractivity (Wildman–Crippen MR) is 119 cm³/mol. The fourth-order valence-electron chi connectivity index (χ4n) is 4.02. The van der Waals surface area contributed by atoms with Crippen LogP contribution in [0.5, 0.6) is 0 Å². The van der Waals surface area contributed by atoms with Crippen LogP contribution in [0, 0.1) is 25.2 Å². The Morgan fingerprint density at radius 2 is 2.14 bits per heavy atom. The Labute approximate surface area is 179 Å². The van der Waals surface area contributed by atoms with Gasteiger partial charge in [0.05, 0.1) is 18.7 Å². The Balaban J connectivity index is 1.55. The highest BCUT2D eigenvalue weighted by atomic mass is 32.1. The van der Waals surface area contributed by atoms with Gasteiger partial charge in [-0.1, -0.05) is 6.07 Å². The van der Waals surface area contributed by atoms with Crippen LogP contribution >= 0.6 is 22.7 Å². The molecule has 3 aromatic rings. The van der Waals surface area contributed by atoms with E-state index in [9.17, 15) is 10.1 Å². The van der Waals surface area contributed by atoms with Crippen molar-refractivity contribution in [3.05, 3.63) is 61.1 Å². The highest BCUT2D eigenvalue weighted by Gasteiger charge is 2.27. The fraction of sp³-hybridized carbons (Fsp3) is 0.364. The summed E-state index contributed by atoms with van der Waals surface area (Å²) < 4.78 is 2.05. The smallest absolute Gasteiger partial charge is 0.239 e. The number of aromatic nitrogens is 1. The van der Waals surface area contributed by atoms with Crippen LogP contribution < -0.4 is 5.32 Å². The zero-order valence-electron chi connectivity index (χ0n) is 16.9. The summed E-state index contributed by atoms with van der Waals surface area (Å²) in [6.07, 6.45) is 0.987. The summed E-state index contributed by atoms with van der Waals surface area (Å²) in [5, 5.41) is 16.9. The zero-order chi connectivity index (χ0) is 20.5. The Morgan fingerprint density at radius 3 is 2.86 bits per heavy atom. The van der Waals surface area contributed by atoms with Crippen LogP contribution in [0.15, 0.2) is 29.0 Å². The van der Waals surface area contributed by atoms with E-state index in [0.29, 0.717) is 24.5 Å². The molecule has 4 rings (SSSR count). The van der Waals surface area contributed by atoms with Crippen LogP contribution in [0.1, 0.15) is 45.1 Å². The first kappa shape index (κ1) is 19.9. The first-order valence-electron chi connectivity index (χ1n) is 9.72. The normalized spacial score (nSPS) is 16.4. The molecule has 0 aliphatic carbocycles. The van der Waals surface area contributed by atoms with Gasteiger partial charge < -0.3 is 9.88 Å². The maximum Gasteiger partial charge on any atom is 0.239 e. The van der Waals surface area contributed by atoms with Crippen molar-refractivity contribution in [2.24, 2.45) is 0 Å². The van der Waals surface area contributed by atoms with E-state index in [0.717, 1.165) is 24.2 Å². The molecule has 0 spiro atoms. The monoisotopic (exact) mass is 424 g/mol. The summed E-state index contributed by atoms with van der Waals surface area (Å²) in [7, 11) is 0. The van der Waals surface area contributed by atoms with E-state index in [4.69, 9.17) is 0 Å². The van der Waals surface area contributed by atoms with E-state index in [1.807, 2.05) is 29.9 Å². The highest BCUT2D eigenvalue weighted by molar-refractivity contribution is 7.10. The van der Waals surface area contributed by atoms with Crippen molar-refractivity contribution < 1.29 is 4.79 Å². The number of rotatable bonds is 5. The molecule has 7 heteroatoms. The van der Waals surface area contributed by atoms with Crippen molar-refractivity contribution in [1.82, 2.24) is 9.47 Å². The Kier molecular flexibility index (Phi) is 5.59. The zero-order valence-corrected chi connectivity index (χ0v) is 18.5. The van der Waals surface area contributed by atoms with Crippen molar-refractivity contribution in [3.63, 3.8) is 0 Å². The number of nitrogens with zero attached hydrogens (tertiary/aromatic N) is 3. The van der Waals surface area contributed by atoms with Crippen molar-refractivity contribution in [2.75, 3.05) is 18.4 Å². The SMILES string of the molecule is Cc1c(C#N)c(NC(=O)CN2CCc3sccc3[C@@H]2C)n(Cc2cccs2)c1C. The lowest BCUT2D eigenvalue weighted by Gasteiger charge is -2.33. The second kappa shape index (κ2) is 8.15. The van der Waals surface area contributed by atoms with Crippen LogP contribution in [0.3, 0.4) is 0 Å². The summed E-state index contributed by atoms with van der Waals surface area (Å²) in [6, 6.07) is 8.78. The molecule has 1 aliphatic heterocycles. The first-order chi connectivity index (χ1) is 14.0. The minimum absolute atomic E-state index is 0.0723. The van der Waals surface area contributed by atoms with Crippen LogP contribution in [-0.4, -0.2) is 28.5 Å². The number of carbonyl (C=O) groups is 1. The number of anilines is 1. The molecule has 4 heterocycles. The topological polar surface area (TPSA) is 61.1 Å². The van der Waals surface area contributed by atoms with Gasteiger partial charge >= 0.3 is 0 Å². The van der Waals surface area contributed by atoms with Gasteiger partial charge in [-0.25, -0.2) is 0 Å². The number of nitriles is 1. The Morgan fingerprint density at radius 1 is 1.31 bits per heavy atom. The van der Waals surface area contributed by atoms with Crippen molar-refractivity contribution in [2.45, 2.75) is 39.8 Å². The summed E-state index contributed by atoms with van der Waals surface area (Å²) >= 11 is 3.48. The standard InChI is InChI=1S/C22H24N4OS2/c1-14-15(2)26(12-17-5-4-9-28-17)22(19(14)11-23)24-21(27)13-25-8-6-20-18(16(25)3)7-10-29-20/h4-5,7,9-10,16H,6,8,12-13H2,1-3H3,(H,24,27)/t16-/m0/s1. The van der Waals surface area contributed by atoms with Gasteiger partial charge in [0.1, 0.15) is 11.9 Å². The first-order valence-corrected chi connectivity index (χ1v) is 11.5. The second-order valence-electron chi connectivity index (χ2n) is 7.46. The van der Waals surface area contributed by atoms with Crippen LogP contribution in [0.25, 0.3) is 0 Å². The lowest BCUT2D eigenvalue weighted by Crippen LogP contribution is -2.39. The third-order valence-corrected chi connectivity index (χ3v) is 7.70. The van der Waals surface area contributed by atoms with Crippen LogP contribution in [0.2, 0.25) is 0 Å². The molecule has 0 fully saturated rings. The van der Waals surface area contributed by atoms with Gasteiger partial charge in [0.15, 0.2) is 0 Å². The third kappa shape index (κ3) is 3.76. The second-order valence-corrected chi connectivity index (χ2v) is 9.49. The molecule has 1 atom stereocenters. The molecule has 1 N–H and O–H groups in total. The van der Waals surface area contributed by atoms with E-state index < -0.39 is 0 Å². The van der Waals surface area contributed by atoms with Gasteiger partial charge in [0.2, 0.25) is 5.91 Å². The number of hydrogen-bond donors (Lipinski definition) is 1. The lowest BCUT2D eigenvalue weighted by molar-refractivity contribution is -0.118. The quantitative estimate of drug-likeness (QED) is 0.645. The summed E-state index contributed by atoms with van der Waals surface area (Å²) in [5.41, 5.74) is 3.83. The minimum atomic E-state index is -0.0723. The van der Waals surface area contributed by atoms with Crippen LogP contribution in [0.4, 0.5) is 5.82 Å². The maximum atomic E-state index is 12.9. The van der Waals surface area contributed by atoms with Crippen LogP contribution in [-0.2, 0) is 17.8 Å². The van der Waals surface area contributed by atoms with E-state index in [-0.39, 0.29) is 11.9 Å². The number of hydrogen-bond acceptors (Lipinski definition) is 5. The number of nitrogens with one attached hydrogen (secondary N) is 1.